The molecule has 10 heteroatoms. The van der Waals surface area contributed by atoms with Crippen LogP contribution < -0.4 is 5.56 Å². The molecule has 0 radical (unpaired) electrons. The highest BCUT2D eigenvalue weighted by molar-refractivity contribution is 5.80. The molecule has 1 fully saturated rings. The van der Waals surface area contributed by atoms with Gasteiger partial charge in [0.1, 0.15) is 23.1 Å². The van der Waals surface area contributed by atoms with Gasteiger partial charge in [0.25, 0.3) is 5.56 Å². The topological polar surface area (TPSA) is 113 Å². The van der Waals surface area contributed by atoms with Crippen LogP contribution in [-0.2, 0) is 0 Å². The molecule has 4 aromatic rings. The molecule has 1 aliphatic rings. The van der Waals surface area contributed by atoms with Gasteiger partial charge in [-0.2, -0.15) is 10.4 Å². The van der Waals surface area contributed by atoms with Gasteiger partial charge < -0.3 is 4.98 Å². The van der Waals surface area contributed by atoms with E-state index < -0.39 is 23.2 Å². The van der Waals surface area contributed by atoms with Crippen molar-refractivity contribution in [1.29, 1.82) is 5.26 Å². The second kappa shape index (κ2) is 7.60. The highest BCUT2D eigenvalue weighted by Crippen LogP contribution is 2.46. The lowest BCUT2D eigenvalue weighted by Crippen LogP contribution is -2.28. The Morgan fingerprint density at radius 3 is 2.59 bits per heavy atom. The Morgan fingerprint density at radius 2 is 1.94 bits per heavy atom. The zero-order valence-corrected chi connectivity index (χ0v) is 17.0. The average molecular weight is 433 g/mol. The molecule has 160 valence electrons. The number of rotatable bonds is 4. The van der Waals surface area contributed by atoms with Crippen molar-refractivity contribution in [1.82, 2.24) is 29.7 Å². The van der Waals surface area contributed by atoms with Crippen molar-refractivity contribution < 1.29 is 8.78 Å². The quantitative estimate of drug-likeness (QED) is 0.528. The summed E-state index contributed by atoms with van der Waals surface area (Å²) in [6.45, 7) is 1.72. The lowest BCUT2D eigenvalue weighted by molar-refractivity contribution is 0.319. The molecule has 5 rings (SSSR count). The number of aromatic nitrogens is 6. The van der Waals surface area contributed by atoms with Crippen LogP contribution in [0.3, 0.4) is 0 Å². The van der Waals surface area contributed by atoms with Gasteiger partial charge in [0.05, 0.1) is 6.04 Å². The van der Waals surface area contributed by atoms with Crippen molar-refractivity contribution >= 4 is 11.0 Å². The fourth-order valence-corrected chi connectivity index (χ4v) is 4.14. The van der Waals surface area contributed by atoms with Gasteiger partial charge in [0.2, 0.25) is 0 Å². The van der Waals surface area contributed by atoms with E-state index in [9.17, 15) is 18.8 Å². The summed E-state index contributed by atoms with van der Waals surface area (Å²) in [6, 6.07) is 6.61. The van der Waals surface area contributed by atoms with E-state index in [4.69, 9.17) is 0 Å². The van der Waals surface area contributed by atoms with Crippen molar-refractivity contribution in [3.63, 3.8) is 0 Å². The van der Waals surface area contributed by atoms with Crippen molar-refractivity contribution in [3.05, 3.63) is 81.6 Å². The number of nitrogens with one attached hydrogen (secondary N) is 1. The minimum absolute atomic E-state index is 0.0206. The molecule has 0 bridgehead atoms. The van der Waals surface area contributed by atoms with E-state index in [2.05, 4.69) is 25.0 Å². The van der Waals surface area contributed by atoms with Gasteiger partial charge in [-0.25, -0.2) is 28.4 Å². The third-order valence-corrected chi connectivity index (χ3v) is 6.02. The Labute approximate surface area is 180 Å². The minimum atomic E-state index is -0.988. The van der Waals surface area contributed by atoms with E-state index in [0.29, 0.717) is 17.2 Å². The molecule has 3 atom stereocenters. The summed E-state index contributed by atoms with van der Waals surface area (Å²) in [5.74, 6) is -0.852. The molecule has 0 amide bonds. The van der Waals surface area contributed by atoms with Crippen LogP contribution in [0, 0.1) is 23.0 Å². The summed E-state index contributed by atoms with van der Waals surface area (Å²) in [7, 11) is 0. The van der Waals surface area contributed by atoms with Gasteiger partial charge in [-0.3, -0.25) is 4.79 Å². The summed E-state index contributed by atoms with van der Waals surface area (Å²) in [4.78, 5) is 29.0. The molecule has 32 heavy (non-hydrogen) atoms. The van der Waals surface area contributed by atoms with Gasteiger partial charge in [-0.05, 0) is 43.5 Å². The Morgan fingerprint density at radius 1 is 1.19 bits per heavy atom. The number of fused-ring (bicyclic) bond motifs is 1. The Kier molecular flexibility index (Phi) is 4.74. The normalized spacial score (nSPS) is 18.8. The zero-order chi connectivity index (χ0) is 22.4. The number of hydrogen-bond donors (Lipinski definition) is 1. The van der Waals surface area contributed by atoms with Crippen molar-refractivity contribution in [2.45, 2.75) is 37.6 Å². The third-order valence-electron chi connectivity index (χ3n) is 6.02. The molecule has 1 aromatic carbocycles. The Hall–Kier alpha value is -4.00. The molecule has 3 aromatic heterocycles. The van der Waals surface area contributed by atoms with E-state index in [1.54, 1.807) is 25.4 Å². The molecule has 8 nitrogen and oxygen atoms in total. The Balaban J connectivity index is 1.62. The van der Waals surface area contributed by atoms with Crippen LogP contribution in [0.15, 0.2) is 41.5 Å². The largest absolute Gasteiger partial charge is 0.310 e. The molecule has 0 unspecified atom stereocenters. The van der Waals surface area contributed by atoms with Crippen LogP contribution >= 0.6 is 0 Å². The average Bonchev–Trinajstić information content (AvgIpc) is 3.14. The van der Waals surface area contributed by atoms with Gasteiger partial charge in [-0.15, -0.1) is 0 Å². The van der Waals surface area contributed by atoms with Crippen molar-refractivity contribution in [3.8, 4) is 6.07 Å². The third kappa shape index (κ3) is 3.13. The number of hydrogen-bond acceptors (Lipinski definition) is 6. The van der Waals surface area contributed by atoms with Crippen LogP contribution in [-0.4, -0.2) is 29.7 Å². The fourth-order valence-electron chi connectivity index (χ4n) is 4.14. The molecule has 0 aliphatic heterocycles. The first-order chi connectivity index (χ1) is 15.5. The number of nitrogens with zero attached hydrogens (tertiary/aromatic N) is 6. The molecule has 0 spiro atoms. The van der Waals surface area contributed by atoms with E-state index in [1.165, 1.54) is 10.7 Å². The van der Waals surface area contributed by atoms with Crippen LogP contribution in [0.2, 0.25) is 0 Å². The van der Waals surface area contributed by atoms with Gasteiger partial charge >= 0.3 is 0 Å². The summed E-state index contributed by atoms with van der Waals surface area (Å²) in [6.07, 6.45) is 5.02. The van der Waals surface area contributed by atoms with Crippen molar-refractivity contribution in [2.75, 3.05) is 0 Å². The summed E-state index contributed by atoms with van der Waals surface area (Å²) in [5, 5.41) is 13.8. The number of benzene rings is 1. The lowest BCUT2D eigenvalue weighted by atomic mass is 9.72. The van der Waals surface area contributed by atoms with Crippen LogP contribution in [0.25, 0.3) is 11.0 Å². The molecule has 1 N–H and O–H groups in total. The molecule has 0 saturated heterocycles. The second-order valence-electron chi connectivity index (χ2n) is 7.80. The SMILES string of the molecule is C[C@@H](c1ccc(F)c(F)c1)n1nc(C#N)c2c(=O)[nH]c([C@@H]3CC[C@H]3c3ncccn3)nc21. The number of nitriles is 1. The highest BCUT2D eigenvalue weighted by Gasteiger charge is 2.37. The second-order valence-corrected chi connectivity index (χ2v) is 7.80. The fraction of sp³-hybridized carbons (Fsp3) is 0.273. The van der Waals surface area contributed by atoms with Crippen molar-refractivity contribution in [2.24, 2.45) is 0 Å². The first-order valence-corrected chi connectivity index (χ1v) is 10.1. The van der Waals surface area contributed by atoms with Crippen LogP contribution in [0.4, 0.5) is 8.78 Å². The van der Waals surface area contributed by atoms with E-state index >= 15 is 0 Å². The highest BCUT2D eigenvalue weighted by atomic mass is 19.2. The monoisotopic (exact) mass is 433 g/mol. The number of aromatic amines is 1. The zero-order valence-electron chi connectivity index (χ0n) is 17.0. The minimum Gasteiger partial charge on any atom is -0.310 e. The van der Waals surface area contributed by atoms with Crippen LogP contribution in [0.1, 0.15) is 60.5 Å². The predicted octanol–water partition coefficient (Wildman–Crippen LogP) is 3.33. The van der Waals surface area contributed by atoms with Gasteiger partial charge in [-0.1, -0.05) is 6.07 Å². The summed E-state index contributed by atoms with van der Waals surface area (Å²) < 4.78 is 28.6. The van der Waals surface area contributed by atoms with E-state index in [1.807, 2.05) is 6.07 Å². The lowest BCUT2D eigenvalue weighted by Gasteiger charge is -2.34. The van der Waals surface area contributed by atoms with E-state index in [-0.39, 0.29) is 28.6 Å². The molecule has 3 heterocycles. The molecule has 1 aliphatic carbocycles. The van der Waals surface area contributed by atoms with Gasteiger partial charge in [0, 0.05) is 24.2 Å². The maximum atomic E-state index is 13.8. The number of halogens is 2. The summed E-state index contributed by atoms with van der Waals surface area (Å²) in [5.41, 5.74) is 0.106. The first kappa shape index (κ1) is 19.9. The molecular formula is C22H17F2N7O. The van der Waals surface area contributed by atoms with Gasteiger partial charge in [0.15, 0.2) is 23.0 Å². The maximum absolute atomic E-state index is 13.8. The molecular weight excluding hydrogens is 416 g/mol. The number of H-pyrrole nitrogens is 1. The molecule has 1 saturated carbocycles. The van der Waals surface area contributed by atoms with E-state index in [0.717, 1.165) is 25.0 Å². The first-order valence-electron chi connectivity index (χ1n) is 10.1. The smallest absolute Gasteiger partial charge is 0.263 e. The predicted molar refractivity (Wildman–Crippen MR) is 110 cm³/mol. The Bertz CT molecular complexity index is 1420. The maximum Gasteiger partial charge on any atom is 0.263 e. The summed E-state index contributed by atoms with van der Waals surface area (Å²) >= 11 is 0. The standard InChI is InChI=1S/C22H17F2N7O/c1-11(12-3-6-15(23)16(24)9-12)31-21-18(17(10-25)30-31)22(32)29-20(28-21)14-5-4-13(14)19-26-7-2-8-27-19/h2-3,6-9,11,13-14H,4-5H2,1H3,(H,28,29,32)/t11-,13+,14+/m0/s1. The van der Waals surface area contributed by atoms with Crippen LogP contribution in [0.5, 0.6) is 0 Å².